The number of halogens is 8. The first kappa shape index (κ1) is 29.8. The van der Waals surface area contributed by atoms with Crippen LogP contribution in [0.5, 0.6) is 0 Å². The second kappa shape index (κ2) is 11.2. The minimum Gasteiger partial charge on any atom is -0.334 e. The molecule has 0 saturated heterocycles. The lowest BCUT2D eigenvalue weighted by atomic mass is 9.87. The van der Waals surface area contributed by atoms with Gasteiger partial charge >= 0.3 is 12.4 Å². The zero-order valence-electron chi connectivity index (χ0n) is 20.8. The second-order valence-corrected chi connectivity index (χ2v) is 10.9. The van der Waals surface area contributed by atoms with Gasteiger partial charge in [-0.25, -0.2) is 0 Å². The third-order valence-electron chi connectivity index (χ3n) is 5.91. The Bertz CT molecular complexity index is 1290. The number of nitrogens with zero attached hydrogens (tertiary/aromatic N) is 1. The van der Waals surface area contributed by atoms with Gasteiger partial charge in [0.1, 0.15) is 0 Å². The van der Waals surface area contributed by atoms with Gasteiger partial charge in [-0.1, -0.05) is 68.2 Å². The molecule has 0 aliphatic rings. The molecule has 38 heavy (non-hydrogen) atoms. The Kier molecular flexibility index (Phi) is 8.78. The summed E-state index contributed by atoms with van der Waals surface area (Å²) in [5.41, 5.74) is -0.432. The summed E-state index contributed by atoms with van der Waals surface area (Å²) in [4.78, 5) is 14.7. The molecule has 0 N–H and O–H groups in total. The third kappa shape index (κ3) is 7.90. The van der Waals surface area contributed by atoms with E-state index in [2.05, 4.69) is 0 Å². The lowest BCUT2D eigenvalue weighted by molar-refractivity contribution is -0.138. The highest BCUT2D eigenvalue weighted by Gasteiger charge is 2.33. The van der Waals surface area contributed by atoms with Crippen LogP contribution < -0.4 is 0 Å². The molecule has 0 fully saturated rings. The summed E-state index contributed by atoms with van der Waals surface area (Å²) in [7, 11) is 0. The van der Waals surface area contributed by atoms with Crippen molar-refractivity contribution in [2.24, 2.45) is 0 Å². The fraction of sp³-hybridized carbons (Fsp3) is 0.321. The van der Waals surface area contributed by atoms with E-state index in [-0.39, 0.29) is 46.1 Å². The van der Waals surface area contributed by atoms with Crippen LogP contribution in [0.25, 0.3) is 0 Å². The number of hydrogen-bond acceptors (Lipinski definition) is 1. The normalized spacial score (nSPS) is 12.5. The molecule has 0 spiro atoms. The first-order chi connectivity index (χ1) is 17.4. The summed E-state index contributed by atoms with van der Waals surface area (Å²) in [6.45, 7) is 6.05. The van der Waals surface area contributed by atoms with E-state index in [1.807, 2.05) is 32.9 Å². The average Bonchev–Trinajstić information content (AvgIpc) is 2.79. The summed E-state index contributed by atoms with van der Waals surface area (Å²) >= 11 is 11.8. The van der Waals surface area contributed by atoms with Gasteiger partial charge in [0.05, 0.1) is 11.1 Å². The Hall–Kier alpha value is -2.71. The molecule has 0 aliphatic heterocycles. The van der Waals surface area contributed by atoms with E-state index in [0.29, 0.717) is 11.6 Å². The molecule has 0 unspecified atom stereocenters. The largest absolute Gasteiger partial charge is 0.416 e. The van der Waals surface area contributed by atoms with Crippen LogP contribution in [-0.4, -0.2) is 17.4 Å². The van der Waals surface area contributed by atoms with Crippen LogP contribution in [0, 0.1) is 0 Å². The number of carbonyl (C=O) groups is 1. The van der Waals surface area contributed by atoms with Gasteiger partial charge in [-0.3, -0.25) is 4.79 Å². The zero-order chi connectivity index (χ0) is 28.5. The van der Waals surface area contributed by atoms with Gasteiger partial charge in [-0.05, 0) is 64.9 Å². The molecular weight excluding hydrogens is 551 g/mol. The molecule has 3 aromatic carbocycles. The monoisotopic (exact) mass is 575 g/mol. The van der Waals surface area contributed by atoms with Crippen molar-refractivity contribution in [1.82, 2.24) is 4.90 Å². The SMILES string of the molecule is CC(C)(C)c1ccc(CN(CCc2cc(Cl)cc(C(F)(F)F)c2)C(=O)c2cc(Cl)cc(C(F)(F)F)c2)cc1. The van der Waals surface area contributed by atoms with Gasteiger partial charge in [0.2, 0.25) is 0 Å². The third-order valence-corrected chi connectivity index (χ3v) is 6.34. The molecule has 0 bridgehead atoms. The maximum absolute atomic E-state index is 13.4. The quantitative estimate of drug-likeness (QED) is 0.268. The highest BCUT2D eigenvalue weighted by atomic mass is 35.5. The van der Waals surface area contributed by atoms with Crippen molar-refractivity contribution >= 4 is 29.1 Å². The minimum absolute atomic E-state index is 0.0118. The predicted molar refractivity (Wildman–Crippen MR) is 136 cm³/mol. The molecule has 3 rings (SSSR count). The van der Waals surface area contributed by atoms with Crippen LogP contribution >= 0.6 is 23.2 Å². The maximum Gasteiger partial charge on any atom is 0.416 e. The van der Waals surface area contributed by atoms with Gasteiger partial charge in [0, 0.05) is 28.7 Å². The Morgan fingerprint density at radius 2 is 1.24 bits per heavy atom. The summed E-state index contributed by atoms with van der Waals surface area (Å²) < 4.78 is 79.8. The van der Waals surface area contributed by atoms with Gasteiger partial charge in [-0.15, -0.1) is 0 Å². The van der Waals surface area contributed by atoms with Crippen LogP contribution in [0.3, 0.4) is 0 Å². The van der Waals surface area contributed by atoms with Crippen LogP contribution in [0.15, 0.2) is 60.7 Å². The lowest BCUT2D eigenvalue weighted by Crippen LogP contribution is -2.33. The minimum atomic E-state index is -4.72. The topological polar surface area (TPSA) is 20.3 Å². The van der Waals surface area contributed by atoms with Gasteiger partial charge in [-0.2, -0.15) is 26.3 Å². The van der Waals surface area contributed by atoms with E-state index in [1.165, 1.54) is 11.0 Å². The van der Waals surface area contributed by atoms with Crippen LogP contribution in [-0.2, 0) is 30.7 Å². The van der Waals surface area contributed by atoms with E-state index in [0.717, 1.165) is 29.8 Å². The summed E-state index contributed by atoms with van der Waals surface area (Å²) in [6, 6.07) is 13.1. The van der Waals surface area contributed by atoms with E-state index in [4.69, 9.17) is 23.2 Å². The number of hydrogen-bond donors (Lipinski definition) is 0. The Morgan fingerprint density at radius 1 is 0.711 bits per heavy atom. The fourth-order valence-corrected chi connectivity index (χ4v) is 4.36. The first-order valence-corrected chi connectivity index (χ1v) is 12.3. The molecule has 0 radical (unpaired) electrons. The molecular formula is C28H25Cl2F6NO. The summed E-state index contributed by atoms with van der Waals surface area (Å²) in [5, 5.41) is -0.377. The smallest absolute Gasteiger partial charge is 0.334 e. The number of rotatable bonds is 6. The van der Waals surface area contributed by atoms with E-state index in [9.17, 15) is 31.1 Å². The standard InChI is InChI=1S/C28H25Cl2F6NO/c1-26(2,3)20-6-4-17(5-7-20)16-37(9-8-18-10-21(27(31,32)33)14-23(29)11-18)25(38)19-12-22(28(34,35)36)15-24(30)13-19/h4-7,10-15H,8-9,16H2,1-3H3. The average molecular weight is 576 g/mol. The maximum atomic E-state index is 13.4. The molecule has 0 atom stereocenters. The van der Waals surface area contributed by atoms with Crippen molar-refractivity contribution in [3.05, 3.63) is 104 Å². The number of benzene rings is 3. The van der Waals surface area contributed by atoms with Crippen molar-refractivity contribution in [3.63, 3.8) is 0 Å². The molecule has 204 valence electrons. The summed E-state index contributed by atoms with van der Waals surface area (Å²) in [5.74, 6) is -0.740. The molecule has 10 heteroatoms. The summed E-state index contributed by atoms with van der Waals surface area (Å²) in [6.07, 6.45) is -9.34. The molecule has 2 nitrogen and oxygen atoms in total. The zero-order valence-corrected chi connectivity index (χ0v) is 22.3. The van der Waals surface area contributed by atoms with Crippen LogP contribution in [0.4, 0.5) is 26.3 Å². The van der Waals surface area contributed by atoms with Crippen molar-refractivity contribution < 1.29 is 31.1 Å². The van der Waals surface area contributed by atoms with Crippen molar-refractivity contribution in [3.8, 4) is 0 Å². The van der Waals surface area contributed by atoms with E-state index < -0.39 is 29.4 Å². The number of alkyl halides is 6. The molecule has 0 aromatic heterocycles. The molecule has 0 saturated carbocycles. The molecule has 3 aromatic rings. The Balaban J connectivity index is 1.95. The molecule has 0 heterocycles. The Morgan fingerprint density at radius 3 is 1.76 bits per heavy atom. The number of amides is 1. The predicted octanol–water partition coefficient (Wildman–Crippen LogP) is 9.21. The number of carbonyl (C=O) groups excluding carboxylic acids is 1. The van der Waals surface area contributed by atoms with Crippen LogP contribution in [0.2, 0.25) is 10.0 Å². The second-order valence-electron chi connectivity index (χ2n) is 10.00. The van der Waals surface area contributed by atoms with Gasteiger partial charge in [0.25, 0.3) is 5.91 Å². The molecule has 0 aliphatic carbocycles. The molecule has 1 amide bonds. The van der Waals surface area contributed by atoms with Crippen LogP contribution in [0.1, 0.15) is 58.9 Å². The fourth-order valence-electron chi connectivity index (χ4n) is 3.86. The van der Waals surface area contributed by atoms with Crippen molar-refractivity contribution in [2.45, 2.75) is 51.5 Å². The van der Waals surface area contributed by atoms with Crippen molar-refractivity contribution in [1.29, 1.82) is 0 Å². The lowest BCUT2D eigenvalue weighted by Gasteiger charge is -2.25. The first-order valence-electron chi connectivity index (χ1n) is 11.6. The van der Waals surface area contributed by atoms with Gasteiger partial charge in [0.15, 0.2) is 0 Å². The van der Waals surface area contributed by atoms with E-state index in [1.54, 1.807) is 12.1 Å². The van der Waals surface area contributed by atoms with E-state index >= 15 is 0 Å². The van der Waals surface area contributed by atoms with Gasteiger partial charge < -0.3 is 4.90 Å². The highest BCUT2D eigenvalue weighted by molar-refractivity contribution is 6.31. The van der Waals surface area contributed by atoms with Crippen molar-refractivity contribution in [2.75, 3.05) is 6.54 Å². The highest BCUT2D eigenvalue weighted by Crippen LogP contribution is 2.34. The Labute approximate surface area is 227 Å².